The number of aromatic nitrogens is 1. The van der Waals surface area contributed by atoms with E-state index in [0.29, 0.717) is 30.9 Å². The fraction of sp³-hybridized carbons (Fsp3) is 0.269. The molecule has 2 aromatic carbocycles. The van der Waals surface area contributed by atoms with Gasteiger partial charge in [0.1, 0.15) is 12.3 Å². The molecule has 7 nitrogen and oxygen atoms in total. The van der Waals surface area contributed by atoms with Crippen LogP contribution in [0.1, 0.15) is 47.4 Å². The molecule has 182 valence electrons. The van der Waals surface area contributed by atoms with Crippen LogP contribution >= 0.6 is 0 Å². The number of halogens is 2. The second kappa shape index (κ2) is 10.6. The lowest BCUT2D eigenvalue weighted by atomic mass is 10.1. The molecule has 9 heteroatoms. The van der Waals surface area contributed by atoms with Gasteiger partial charge in [0.2, 0.25) is 5.91 Å². The molecule has 1 saturated heterocycles. The molecule has 0 bridgehead atoms. The Hall–Kier alpha value is -3.85. The molecule has 3 N–H and O–H groups in total. The van der Waals surface area contributed by atoms with Crippen LogP contribution in [0.4, 0.5) is 14.5 Å². The number of ether oxygens (including phenoxy) is 1. The first kappa shape index (κ1) is 21.7. The Kier molecular flexibility index (Phi) is 6.57. The van der Waals surface area contributed by atoms with Crippen LogP contribution in [-0.4, -0.2) is 40.7 Å². The van der Waals surface area contributed by atoms with E-state index in [1.165, 1.54) is 30.6 Å². The van der Waals surface area contributed by atoms with Gasteiger partial charge >= 0.3 is 0 Å². The van der Waals surface area contributed by atoms with Gasteiger partial charge < -0.3 is 15.8 Å². The lowest BCUT2D eigenvalue weighted by Crippen LogP contribution is -2.38. The molecule has 35 heavy (non-hydrogen) atoms. The quantitative estimate of drug-likeness (QED) is 0.501. The van der Waals surface area contributed by atoms with Crippen molar-refractivity contribution in [2.45, 2.75) is 31.9 Å². The minimum atomic E-state index is -2.59. The van der Waals surface area contributed by atoms with Gasteiger partial charge in [-0.2, -0.15) is 0 Å². The lowest BCUT2D eigenvalue weighted by molar-refractivity contribution is -0.0566. The number of rotatable bonds is 8. The van der Waals surface area contributed by atoms with E-state index < -0.39 is 18.4 Å². The van der Waals surface area contributed by atoms with Gasteiger partial charge in [0.15, 0.2) is 0 Å². The number of piperidine rings is 1. The Bertz CT molecular complexity index is 1280. The zero-order valence-corrected chi connectivity index (χ0v) is 18.8. The van der Waals surface area contributed by atoms with E-state index in [-0.39, 0.29) is 35.6 Å². The molecule has 0 unspecified atom stereocenters. The summed E-state index contributed by atoms with van der Waals surface area (Å²) in [6.45, 7) is -1.10. The number of carbonyl (C=O) groups excluding carboxylic acids is 2. The van der Waals surface area contributed by atoms with Crippen LogP contribution in [0.15, 0.2) is 67.0 Å². The first-order chi connectivity index (χ1) is 17.5. The number of primary amides is 1. The Labute approximate surface area is 204 Å². The molecule has 0 atom stereocenters. The summed E-state index contributed by atoms with van der Waals surface area (Å²) in [5, 5.41) is 2.74. The average Bonchev–Trinajstić information content (AvgIpc) is 2.86. The molecule has 0 saturated carbocycles. The molecule has 1 fully saturated rings. The van der Waals surface area contributed by atoms with Gasteiger partial charge in [-0.15, -0.1) is 0 Å². The van der Waals surface area contributed by atoms with Gasteiger partial charge in [-0.1, -0.05) is 24.3 Å². The van der Waals surface area contributed by atoms with Gasteiger partial charge in [-0.3, -0.25) is 19.5 Å². The van der Waals surface area contributed by atoms with Crippen LogP contribution in [0.5, 0.6) is 5.75 Å². The number of nitrogens with two attached hydrogens (primary N) is 1. The standard InChI is InChI=1S/C26H26F2N4O3/c27-26(28)8-10-32(11-9-26)16-18-4-6-20(7-5-18)25(34)31-22-3-1-2-19(12-22)17-35-23-13-21(24(29)33)14-30-15-23/h1-7,12-15H,8-11,16-17H2,(H2,29,33)(H,31,34)/i17D2. The molecule has 2 amide bonds. The van der Waals surface area contributed by atoms with Crippen LogP contribution < -0.4 is 15.8 Å². The zero-order chi connectivity index (χ0) is 26.6. The highest BCUT2D eigenvalue weighted by Gasteiger charge is 2.33. The number of carbonyl (C=O) groups is 2. The molecule has 0 spiro atoms. The van der Waals surface area contributed by atoms with Crippen LogP contribution in [0.25, 0.3) is 0 Å². The SMILES string of the molecule is [2H]C([2H])(Oc1cncc(C(N)=O)c1)c1cccc(NC(=O)c2ccc(CN3CCC(F)(F)CC3)cc2)c1. The summed E-state index contributed by atoms with van der Waals surface area (Å²) >= 11 is 0. The molecule has 1 aliphatic heterocycles. The largest absolute Gasteiger partial charge is 0.487 e. The van der Waals surface area contributed by atoms with Crippen molar-refractivity contribution in [3.63, 3.8) is 0 Å². The molecule has 3 aromatic rings. The zero-order valence-electron chi connectivity index (χ0n) is 20.8. The number of nitrogens with zero attached hydrogens (tertiary/aromatic N) is 2. The second-order valence-electron chi connectivity index (χ2n) is 8.34. The third-order valence-electron chi connectivity index (χ3n) is 5.61. The summed E-state index contributed by atoms with van der Waals surface area (Å²) in [5.41, 5.74) is 7.13. The van der Waals surface area contributed by atoms with Crippen LogP contribution in [0, 0.1) is 0 Å². The highest BCUT2D eigenvalue weighted by molar-refractivity contribution is 6.04. The smallest absolute Gasteiger partial charge is 0.255 e. The number of benzene rings is 2. The summed E-state index contributed by atoms with van der Waals surface area (Å²) in [6.07, 6.45) is 2.22. The van der Waals surface area contributed by atoms with Crippen molar-refractivity contribution in [2.24, 2.45) is 5.73 Å². The number of nitrogens with one attached hydrogen (secondary N) is 1. The van der Waals surface area contributed by atoms with Crippen LogP contribution in [0.2, 0.25) is 0 Å². The highest BCUT2D eigenvalue weighted by Crippen LogP contribution is 2.28. The number of anilines is 1. The number of amides is 2. The van der Waals surface area contributed by atoms with E-state index in [0.717, 1.165) is 5.56 Å². The van der Waals surface area contributed by atoms with Crippen molar-refractivity contribution in [1.82, 2.24) is 9.88 Å². The van der Waals surface area contributed by atoms with E-state index in [1.54, 1.807) is 36.4 Å². The molecular formula is C26H26F2N4O3. The minimum Gasteiger partial charge on any atom is -0.487 e. The van der Waals surface area contributed by atoms with Gasteiger partial charge in [0.05, 0.1) is 14.5 Å². The lowest BCUT2D eigenvalue weighted by Gasteiger charge is -2.31. The van der Waals surface area contributed by atoms with E-state index in [4.69, 9.17) is 13.2 Å². The van der Waals surface area contributed by atoms with E-state index >= 15 is 0 Å². The van der Waals surface area contributed by atoms with E-state index in [1.807, 2.05) is 4.90 Å². The fourth-order valence-electron chi connectivity index (χ4n) is 3.65. The van der Waals surface area contributed by atoms with Gasteiger partial charge in [0.25, 0.3) is 11.8 Å². The van der Waals surface area contributed by atoms with Crippen molar-refractivity contribution in [3.05, 3.63) is 89.2 Å². The highest BCUT2D eigenvalue weighted by atomic mass is 19.3. The Balaban J connectivity index is 1.39. The number of hydrogen-bond donors (Lipinski definition) is 2. The summed E-state index contributed by atoms with van der Waals surface area (Å²) in [7, 11) is 0. The second-order valence-corrected chi connectivity index (χ2v) is 8.34. The normalized spacial score (nSPS) is 16.6. The summed E-state index contributed by atoms with van der Waals surface area (Å²) in [4.78, 5) is 29.9. The predicted octanol–water partition coefficient (Wildman–Crippen LogP) is 4.24. The Morgan fingerprint density at radius 1 is 1.06 bits per heavy atom. The molecule has 1 aliphatic rings. The number of likely N-dealkylation sites (tertiary alicyclic amines) is 1. The van der Waals surface area contributed by atoms with E-state index in [2.05, 4.69) is 10.3 Å². The molecule has 1 aromatic heterocycles. The predicted molar refractivity (Wildman–Crippen MR) is 127 cm³/mol. The van der Waals surface area contributed by atoms with Gasteiger partial charge in [-0.05, 0) is 41.5 Å². The van der Waals surface area contributed by atoms with Gasteiger partial charge in [-0.25, -0.2) is 8.78 Å². The monoisotopic (exact) mass is 482 g/mol. The van der Waals surface area contributed by atoms with Crippen molar-refractivity contribution < 1.29 is 25.8 Å². The van der Waals surface area contributed by atoms with Crippen LogP contribution in [0.3, 0.4) is 0 Å². The molecular weight excluding hydrogens is 454 g/mol. The molecule has 0 aliphatic carbocycles. The Morgan fingerprint density at radius 2 is 1.80 bits per heavy atom. The van der Waals surface area contributed by atoms with Gasteiger partial charge in [0, 0.05) is 49.9 Å². The third-order valence-corrected chi connectivity index (χ3v) is 5.61. The molecule has 2 heterocycles. The van der Waals surface area contributed by atoms with Crippen molar-refractivity contribution in [3.8, 4) is 5.75 Å². The van der Waals surface area contributed by atoms with Crippen LogP contribution in [-0.2, 0) is 13.1 Å². The maximum Gasteiger partial charge on any atom is 0.255 e. The van der Waals surface area contributed by atoms with E-state index in [9.17, 15) is 18.4 Å². The fourth-order valence-corrected chi connectivity index (χ4v) is 3.65. The van der Waals surface area contributed by atoms with Crippen molar-refractivity contribution in [1.29, 1.82) is 0 Å². The number of pyridine rings is 1. The summed E-state index contributed by atoms with van der Waals surface area (Å²) in [5.74, 6) is -3.67. The first-order valence-electron chi connectivity index (χ1n) is 12.1. The first-order valence-corrected chi connectivity index (χ1v) is 11.1. The third kappa shape index (κ3) is 6.83. The number of hydrogen-bond acceptors (Lipinski definition) is 5. The number of alkyl halides is 2. The minimum absolute atomic E-state index is 0.0223. The summed E-state index contributed by atoms with van der Waals surface area (Å²) in [6, 6.07) is 14.3. The van der Waals surface area contributed by atoms with Crippen molar-refractivity contribution in [2.75, 3.05) is 18.4 Å². The maximum absolute atomic E-state index is 13.3. The summed E-state index contributed by atoms with van der Waals surface area (Å²) < 4.78 is 48.8. The maximum atomic E-state index is 13.3. The molecule has 0 radical (unpaired) electrons. The average molecular weight is 483 g/mol. The topological polar surface area (TPSA) is 97.5 Å². The van der Waals surface area contributed by atoms with Crippen molar-refractivity contribution >= 4 is 17.5 Å². The Morgan fingerprint density at radius 3 is 2.51 bits per heavy atom. The molecule has 4 rings (SSSR count).